The van der Waals surface area contributed by atoms with Gasteiger partial charge in [0.15, 0.2) is 0 Å². The molecule has 1 aromatic rings. The fourth-order valence-corrected chi connectivity index (χ4v) is 1.91. The summed E-state index contributed by atoms with van der Waals surface area (Å²) < 4.78 is 0. The van der Waals surface area contributed by atoms with Crippen LogP contribution in [0, 0.1) is 5.92 Å². The number of H-pyrrole nitrogens is 1. The van der Waals surface area contributed by atoms with E-state index in [1.54, 1.807) is 0 Å². The van der Waals surface area contributed by atoms with E-state index in [9.17, 15) is 9.59 Å². The highest BCUT2D eigenvalue weighted by Crippen LogP contribution is 2.25. The van der Waals surface area contributed by atoms with Crippen LogP contribution in [0.2, 0.25) is 0 Å². The van der Waals surface area contributed by atoms with Crippen LogP contribution in [0.15, 0.2) is 6.33 Å². The highest BCUT2D eigenvalue weighted by Gasteiger charge is 2.30. The largest absolute Gasteiger partial charge is 0.481 e. The predicted molar refractivity (Wildman–Crippen MR) is 52.6 cm³/mol. The van der Waals surface area contributed by atoms with E-state index >= 15 is 0 Å². The van der Waals surface area contributed by atoms with Crippen molar-refractivity contribution >= 4 is 11.9 Å². The molecule has 0 aromatic carbocycles. The number of hydrogen-bond acceptors (Lipinski definition) is 4. The lowest BCUT2D eigenvalue weighted by atomic mass is 10.1. The zero-order chi connectivity index (χ0) is 11.5. The molecule has 0 radical (unpaired) electrons. The third-order valence-corrected chi connectivity index (χ3v) is 2.75. The molecule has 1 amide bonds. The molecular formula is C9H12N4O3. The third-order valence-electron chi connectivity index (χ3n) is 2.75. The van der Waals surface area contributed by atoms with Crippen LogP contribution in [0.4, 0.5) is 0 Å². The summed E-state index contributed by atoms with van der Waals surface area (Å²) in [6, 6.07) is -0.0845. The Labute approximate surface area is 91.3 Å². The average molecular weight is 224 g/mol. The van der Waals surface area contributed by atoms with Gasteiger partial charge in [-0.3, -0.25) is 14.7 Å². The molecule has 0 unspecified atom stereocenters. The summed E-state index contributed by atoms with van der Waals surface area (Å²) in [5, 5.41) is 17.6. The molecule has 0 spiro atoms. The summed E-state index contributed by atoms with van der Waals surface area (Å²) in [6.45, 7) is 0. The van der Waals surface area contributed by atoms with Crippen molar-refractivity contribution in [3.05, 3.63) is 12.2 Å². The van der Waals surface area contributed by atoms with Gasteiger partial charge in [0, 0.05) is 6.04 Å². The minimum atomic E-state index is -0.795. The van der Waals surface area contributed by atoms with E-state index in [0.29, 0.717) is 19.3 Å². The Morgan fingerprint density at radius 1 is 1.50 bits per heavy atom. The van der Waals surface area contributed by atoms with Gasteiger partial charge in [-0.25, -0.2) is 4.98 Å². The number of amides is 1. The van der Waals surface area contributed by atoms with Crippen molar-refractivity contribution in [2.75, 3.05) is 0 Å². The molecule has 0 bridgehead atoms. The first-order valence-electron chi connectivity index (χ1n) is 5.06. The molecule has 2 rings (SSSR count). The van der Waals surface area contributed by atoms with Crippen molar-refractivity contribution in [3.8, 4) is 0 Å². The minimum absolute atomic E-state index is 0.0845. The van der Waals surface area contributed by atoms with Crippen molar-refractivity contribution in [1.82, 2.24) is 20.5 Å². The van der Waals surface area contributed by atoms with Crippen LogP contribution in [0.3, 0.4) is 0 Å². The Balaban J connectivity index is 1.88. The Morgan fingerprint density at radius 3 is 2.88 bits per heavy atom. The fourth-order valence-electron chi connectivity index (χ4n) is 1.91. The molecule has 7 nitrogen and oxygen atoms in total. The highest BCUT2D eigenvalue weighted by molar-refractivity contribution is 5.90. The Kier molecular flexibility index (Phi) is 2.84. The molecule has 86 valence electrons. The molecule has 1 fully saturated rings. The number of carboxylic acids is 1. The number of carbonyl (C=O) groups excluding carboxylic acids is 1. The number of hydrogen-bond donors (Lipinski definition) is 3. The van der Waals surface area contributed by atoms with Gasteiger partial charge in [-0.05, 0) is 19.3 Å². The first kappa shape index (κ1) is 10.6. The van der Waals surface area contributed by atoms with Gasteiger partial charge in [0.05, 0.1) is 5.92 Å². The fraction of sp³-hybridized carbons (Fsp3) is 0.556. The lowest BCUT2D eigenvalue weighted by Crippen LogP contribution is -2.34. The topological polar surface area (TPSA) is 108 Å². The van der Waals surface area contributed by atoms with Crippen LogP contribution >= 0.6 is 0 Å². The second kappa shape index (κ2) is 4.30. The molecule has 1 heterocycles. The molecule has 3 N–H and O–H groups in total. The van der Waals surface area contributed by atoms with Crippen LogP contribution in [0.1, 0.15) is 29.9 Å². The maximum atomic E-state index is 11.5. The van der Waals surface area contributed by atoms with Gasteiger partial charge in [-0.1, -0.05) is 0 Å². The maximum absolute atomic E-state index is 11.5. The number of aliphatic carboxylic acids is 1. The van der Waals surface area contributed by atoms with Gasteiger partial charge in [0.2, 0.25) is 5.82 Å². The van der Waals surface area contributed by atoms with Crippen LogP contribution in [-0.2, 0) is 4.79 Å². The number of rotatable bonds is 3. The van der Waals surface area contributed by atoms with Gasteiger partial charge < -0.3 is 10.4 Å². The van der Waals surface area contributed by atoms with Gasteiger partial charge in [0.1, 0.15) is 6.33 Å². The maximum Gasteiger partial charge on any atom is 0.306 e. The van der Waals surface area contributed by atoms with E-state index in [1.807, 2.05) is 0 Å². The number of aromatic nitrogens is 3. The van der Waals surface area contributed by atoms with E-state index in [2.05, 4.69) is 20.5 Å². The number of carboxylic acid groups (broad SMARTS) is 1. The van der Waals surface area contributed by atoms with Gasteiger partial charge in [0.25, 0.3) is 5.91 Å². The zero-order valence-corrected chi connectivity index (χ0v) is 8.51. The molecule has 1 aliphatic rings. The van der Waals surface area contributed by atoms with Crippen molar-refractivity contribution < 1.29 is 14.7 Å². The Bertz CT molecular complexity index is 389. The molecule has 0 saturated heterocycles. The first-order chi connectivity index (χ1) is 7.66. The summed E-state index contributed by atoms with van der Waals surface area (Å²) in [4.78, 5) is 26.0. The number of nitrogens with zero attached hydrogens (tertiary/aromatic N) is 2. The molecule has 2 atom stereocenters. The van der Waals surface area contributed by atoms with Crippen molar-refractivity contribution in [1.29, 1.82) is 0 Å². The molecule has 1 aromatic heterocycles. The van der Waals surface area contributed by atoms with E-state index < -0.39 is 5.97 Å². The van der Waals surface area contributed by atoms with E-state index in [1.165, 1.54) is 6.33 Å². The standard InChI is InChI=1S/C9H12N4O3/c14-8(7-10-4-11-13-7)12-6-2-1-5(3-6)9(15)16/h4-6H,1-3H2,(H,12,14)(H,15,16)(H,10,11,13)/t5-,6+/m1/s1. The third kappa shape index (κ3) is 2.18. The highest BCUT2D eigenvalue weighted by atomic mass is 16.4. The molecule has 1 saturated carbocycles. The predicted octanol–water partition coefficient (Wildman–Crippen LogP) is -0.212. The summed E-state index contributed by atoms with van der Waals surface area (Å²) in [5.41, 5.74) is 0. The van der Waals surface area contributed by atoms with Gasteiger partial charge in [-0.2, -0.15) is 5.10 Å². The Morgan fingerprint density at radius 2 is 2.31 bits per heavy atom. The lowest BCUT2D eigenvalue weighted by Gasteiger charge is -2.10. The molecule has 0 aliphatic heterocycles. The lowest BCUT2D eigenvalue weighted by molar-refractivity contribution is -0.141. The Hall–Kier alpha value is -1.92. The SMILES string of the molecule is O=C(N[C@H]1CC[C@@H](C(=O)O)C1)c1ncn[nH]1. The number of carbonyl (C=O) groups is 2. The molecule has 7 heteroatoms. The van der Waals surface area contributed by atoms with Gasteiger partial charge in [-0.15, -0.1) is 0 Å². The van der Waals surface area contributed by atoms with Gasteiger partial charge >= 0.3 is 5.97 Å². The summed E-state index contributed by atoms with van der Waals surface area (Å²) >= 11 is 0. The number of nitrogens with one attached hydrogen (secondary N) is 2. The van der Waals surface area contributed by atoms with Crippen molar-refractivity contribution in [2.24, 2.45) is 5.92 Å². The quantitative estimate of drug-likeness (QED) is 0.658. The normalized spacial score (nSPS) is 24.2. The van der Waals surface area contributed by atoms with Crippen molar-refractivity contribution in [3.63, 3.8) is 0 Å². The summed E-state index contributed by atoms with van der Waals surface area (Å²) in [6.07, 6.45) is 3.03. The average Bonchev–Trinajstić information content (AvgIpc) is 2.87. The van der Waals surface area contributed by atoms with E-state index in [0.717, 1.165) is 0 Å². The van der Waals surface area contributed by atoms with E-state index in [-0.39, 0.29) is 23.7 Å². The van der Waals surface area contributed by atoms with Crippen LogP contribution in [0.25, 0.3) is 0 Å². The minimum Gasteiger partial charge on any atom is -0.481 e. The van der Waals surface area contributed by atoms with Crippen LogP contribution < -0.4 is 5.32 Å². The number of aromatic amines is 1. The molecule has 1 aliphatic carbocycles. The second-order valence-corrected chi connectivity index (χ2v) is 3.85. The van der Waals surface area contributed by atoms with Crippen LogP contribution in [0.5, 0.6) is 0 Å². The zero-order valence-electron chi connectivity index (χ0n) is 8.51. The molecular weight excluding hydrogens is 212 g/mol. The second-order valence-electron chi connectivity index (χ2n) is 3.85. The van der Waals surface area contributed by atoms with E-state index in [4.69, 9.17) is 5.11 Å². The van der Waals surface area contributed by atoms with Crippen LogP contribution in [-0.4, -0.2) is 38.2 Å². The first-order valence-corrected chi connectivity index (χ1v) is 5.06. The van der Waals surface area contributed by atoms with Crippen molar-refractivity contribution in [2.45, 2.75) is 25.3 Å². The summed E-state index contributed by atoms with van der Waals surface area (Å²) in [7, 11) is 0. The molecule has 16 heavy (non-hydrogen) atoms. The monoisotopic (exact) mass is 224 g/mol. The summed E-state index contributed by atoms with van der Waals surface area (Å²) in [5.74, 6) is -1.33. The smallest absolute Gasteiger partial charge is 0.306 e.